The van der Waals surface area contributed by atoms with Crippen LogP contribution in [0.25, 0.3) is 0 Å². The average Bonchev–Trinajstić information content (AvgIpc) is 2.49. The zero-order valence-electron chi connectivity index (χ0n) is 5.81. The Bertz CT molecular complexity index is 152. The van der Waals surface area contributed by atoms with Gasteiger partial charge in [-0.1, -0.05) is 0 Å². The summed E-state index contributed by atoms with van der Waals surface area (Å²) in [5.74, 6) is 0. The number of nitrogens with one attached hydrogen (secondary N) is 1. The summed E-state index contributed by atoms with van der Waals surface area (Å²) < 4.78 is 0. The fourth-order valence-electron chi connectivity index (χ4n) is 0.875. The van der Waals surface area contributed by atoms with Crippen molar-refractivity contribution in [2.45, 2.75) is 18.5 Å². The molecule has 1 aliphatic carbocycles. The second-order valence-corrected chi connectivity index (χ2v) is 2.60. The van der Waals surface area contributed by atoms with Crippen LogP contribution in [-0.4, -0.2) is 30.7 Å². The highest BCUT2D eigenvalue weighted by molar-refractivity contribution is 5.38. The molecule has 0 aromatic carbocycles. The third-order valence-corrected chi connectivity index (χ3v) is 1.79. The Morgan fingerprint density at radius 3 is 2.22 bits per heavy atom. The minimum absolute atomic E-state index is 0.0399. The molecule has 0 atom stereocenters. The van der Waals surface area contributed by atoms with E-state index in [0.717, 1.165) is 12.8 Å². The van der Waals surface area contributed by atoms with Crippen LogP contribution in [0.2, 0.25) is 0 Å². The van der Waals surface area contributed by atoms with Crippen LogP contribution in [-0.2, 0) is 0 Å². The molecule has 0 radical (unpaired) electrons. The van der Waals surface area contributed by atoms with Crippen LogP contribution in [0.15, 0.2) is 4.99 Å². The number of aliphatic imine (C=N–C) groups is 1. The molecule has 1 N–H and O–H groups in total. The van der Waals surface area contributed by atoms with Gasteiger partial charge in [-0.15, -0.1) is 0 Å². The standard InChI is InChI=1S/C6H11N3/c1-9(2)6(3-4-6)8-5-7/h7H,3-4H2,1-2H3. The summed E-state index contributed by atoms with van der Waals surface area (Å²) in [4.78, 5) is 5.95. The molecule has 0 aromatic heterocycles. The summed E-state index contributed by atoms with van der Waals surface area (Å²) in [6.07, 6.45) is 2.15. The van der Waals surface area contributed by atoms with Crippen molar-refractivity contribution in [3.8, 4) is 0 Å². The van der Waals surface area contributed by atoms with Gasteiger partial charge in [0.2, 0.25) is 0 Å². The van der Waals surface area contributed by atoms with Crippen LogP contribution >= 0.6 is 0 Å². The van der Waals surface area contributed by atoms with E-state index in [-0.39, 0.29) is 5.66 Å². The summed E-state index contributed by atoms with van der Waals surface area (Å²) in [7, 11) is 3.96. The highest BCUT2D eigenvalue weighted by Crippen LogP contribution is 2.40. The molecular weight excluding hydrogens is 114 g/mol. The fourth-order valence-corrected chi connectivity index (χ4v) is 0.875. The number of hydrogen-bond acceptors (Lipinski definition) is 3. The van der Waals surface area contributed by atoms with E-state index >= 15 is 0 Å². The predicted octanol–water partition coefficient (Wildman–Crippen LogP) is 0.791. The van der Waals surface area contributed by atoms with Crippen molar-refractivity contribution >= 4 is 6.01 Å². The van der Waals surface area contributed by atoms with Gasteiger partial charge in [0.25, 0.3) is 0 Å². The molecule has 0 unspecified atom stereocenters. The maximum atomic E-state index is 6.65. The minimum Gasteiger partial charge on any atom is -0.285 e. The number of nitrogens with zero attached hydrogens (tertiary/aromatic N) is 2. The van der Waals surface area contributed by atoms with Gasteiger partial charge in [0.15, 0.2) is 0 Å². The zero-order valence-corrected chi connectivity index (χ0v) is 5.81. The van der Waals surface area contributed by atoms with Crippen molar-refractivity contribution in [1.82, 2.24) is 4.90 Å². The first kappa shape index (κ1) is 6.46. The molecule has 9 heavy (non-hydrogen) atoms. The highest BCUT2D eigenvalue weighted by atomic mass is 15.3. The summed E-state index contributed by atoms with van der Waals surface area (Å²) in [6.45, 7) is 0. The first-order chi connectivity index (χ1) is 4.21. The Kier molecular flexibility index (Phi) is 1.39. The Labute approximate surface area is 54.9 Å². The van der Waals surface area contributed by atoms with E-state index in [1.165, 1.54) is 0 Å². The second-order valence-electron chi connectivity index (χ2n) is 2.60. The summed E-state index contributed by atoms with van der Waals surface area (Å²) in [5, 5.41) is 6.65. The molecule has 0 heterocycles. The van der Waals surface area contributed by atoms with Crippen LogP contribution in [0, 0.1) is 5.41 Å². The van der Waals surface area contributed by atoms with Gasteiger partial charge in [-0.3, -0.25) is 4.90 Å². The summed E-state index contributed by atoms with van der Waals surface area (Å²) in [5.41, 5.74) is -0.0399. The molecule has 0 saturated heterocycles. The lowest BCUT2D eigenvalue weighted by molar-refractivity contribution is 0.283. The molecule has 0 aliphatic heterocycles. The van der Waals surface area contributed by atoms with E-state index in [1.807, 2.05) is 19.0 Å². The molecular formula is C6H11N3. The third-order valence-electron chi connectivity index (χ3n) is 1.79. The van der Waals surface area contributed by atoms with Crippen molar-refractivity contribution in [3.05, 3.63) is 0 Å². The van der Waals surface area contributed by atoms with Crippen LogP contribution in [0.4, 0.5) is 0 Å². The monoisotopic (exact) mass is 125 g/mol. The highest BCUT2D eigenvalue weighted by Gasteiger charge is 2.44. The summed E-state index contributed by atoms with van der Waals surface area (Å²) >= 11 is 0. The molecule has 0 amide bonds. The molecule has 0 spiro atoms. The second kappa shape index (κ2) is 1.94. The van der Waals surface area contributed by atoms with E-state index in [4.69, 9.17) is 5.41 Å². The number of rotatable bonds is 2. The van der Waals surface area contributed by atoms with Crippen LogP contribution < -0.4 is 0 Å². The molecule has 0 aromatic rings. The maximum Gasteiger partial charge on any atom is 0.123 e. The van der Waals surface area contributed by atoms with Gasteiger partial charge in [-0.25, -0.2) is 10.4 Å². The molecule has 3 heteroatoms. The zero-order chi connectivity index (χ0) is 6.91. The molecule has 1 rings (SSSR count). The van der Waals surface area contributed by atoms with Gasteiger partial charge in [0.05, 0.1) is 6.01 Å². The Morgan fingerprint density at radius 2 is 2.11 bits per heavy atom. The van der Waals surface area contributed by atoms with Crippen LogP contribution in [0.1, 0.15) is 12.8 Å². The van der Waals surface area contributed by atoms with Gasteiger partial charge in [0.1, 0.15) is 5.66 Å². The van der Waals surface area contributed by atoms with Gasteiger partial charge in [-0.05, 0) is 26.9 Å². The van der Waals surface area contributed by atoms with E-state index in [2.05, 4.69) is 11.0 Å². The average molecular weight is 125 g/mol. The van der Waals surface area contributed by atoms with Crippen molar-refractivity contribution in [3.63, 3.8) is 0 Å². The smallest absolute Gasteiger partial charge is 0.123 e. The molecule has 3 nitrogen and oxygen atoms in total. The SMILES string of the molecule is CN(C)C1(N=C=N)CC1. The minimum atomic E-state index is -0.0399. The van der Waals surface area contributed by atoms with Crippen molar-refractivity contribution in [1.29, 1.82) is 5.41 Å². The molecule has 50 valence electrons. The topological polar surface area (TPSA) is 39.5 Å². The first-order valence-corrected chi connectivity index (χ1v) is 3.02. The fraction of sp³-hybridized carbons (Fsp3) is 0.833. The van der Waals surface area contributed by atoms with E-state index in [9.17, 15) is 0 Å². The van der Waals surface area contributed by atoms with Gasteiger partial charge >= 0.3 is 0 Å². The Balaban J connectivity index is 2.63. The van der Waals surface area contributed by atoms with Gasteiger partial charge in [0, 0.05) is 0 Å². The molecule has 1 aliphatic rings. The van der Waals surface area contributed by atoms with Crippen molar-refractivity contribution in [2.75, 3.05) is 14.1 Å². The lowest BCUT2D eigenvalue weighted by Crippen LogP contribution is -2.27. The lowest BCUT2D eigenvalue weighted by atomic mass is 10.5. The molecule has 1 saturated carbocycles. The van der Waals surface area contributed by atoms with E-state index in [1.54, 1.807) is 0 Å². The first-order valence-electron chi connectivity index (χ1n) is 3.02. The Hall–Kier alpha value is -0.660. The predicted molar refractivity (Wildman–Crippen MR) is 35.8 cm³/mol. The summed E-state index contributed by atoms with van der Waals surface area (Å²) in [6, 6.07) is 2.09. The lowest BCUT2D eigenvalue weighted by Gasteiger charge is -2.16. The van der Waals surface area contributed by atoms with Gasteiger partial charge in [-0.2, -0.15) is 0 Å². The van der Waals surface area contributed by atoms with Crippen LogP contribution in [0.5, 0.6) is 0 Å². The van der Waals surface area contributed by atoms with Crippen molar-refractivity contribution < 1.29 is 0 Å². The quantitative estimate of drug-likeness (QED) is 0.544. The Morgan fingerprint density at radius 1 is 1.56 bits per heavy atom. The normalized spacial score (nSPS) is 21.2. The number of hydrogen-bond donors (Lipinski definition) is 1. The largest absolute Gasteiger partial charge is 0.285 e. The third kappa shape index (κ3) is 1.02. The van der Waals surface area contributed by atoms with Crippen molar-refractivity contribution in [2.24, 2.45) is 4.99 Å². The maximum absolute atomic E-state index is 6.65. The van der Waals surface area contributed by atoms with E-state index in [0.29, 0.717) is 0 Å². The van der Waals surface area contributed by atoms with Gasteiger partial charge < -0.3 is 0 Å². The van der Waals surface area contributed by atoms with E-state index < -0.39 is 0 Å². The van der Waals surface area contributed by atoms with Crippen LogP contribution in [0.3, 0.4) is 0 Å². The molecule has 1 fully saturated rings. The molecule has 0 bridgehead atoms.